The minimum Gasteiger partial charge on any atom is -0.431 e. The normalized spacial score (nSPS) is 17.4. The van der Waals surface area contributed by atoms with Gasteiger partial charge in [0, 0.05) is 49.2 Å². The molecule has 1 aromatic heterocycles. The standard InChI is InChI=1S/C18H19N3O3S/c22-16(13-1-2-13)20-8-10-21(11-9-20)17(23)14-3-5-15(6-4-14)24-18-19-7-12-25-18/h3-7,12-13H,1-2,8-11H2. The fourth-order valence-electron chi connectivity index (χ4n) is 2.93. The van der Waals surface area contributed by atoms with Crippen molar-refractivity contribution in [1.82, 2.24) is 14.8 Å². The Bertz CT molecular complexity index is 748. The maximum Gasteiger partial charge on any atom is 0.278 e. The van der Waals surface area contributed by atoms with E-state index in [0.717, 1.165) is 12.8 Å². The van der Waals surface area contributed by atoms with E-state index in [1.54, 1.807) is 30.5 Å². The summed E-state index contributed by atoms with van der Waals surface area (Å²) in [6.45, 7) is 2.45. The number of hydrogen-bond acceptors (Lipinski definition) is 5. The molecular weight excluding hydrogens is 338 g/mol. The summed E-state index contributed by atoms with van der Waals surface area (Å²) in [6, 6.07) is 7.10. The molecule has 0 radical (unpaired) electrons. The summed E-state index contributed by atoms with van der Waals surface area (Å²) in [5.74, 6) is 1.16. The molecule has 1 aliphatic carbocycles. The second-order valence-electron chi connectivity index (χ2n) is 6.32. The largest absolute Gasteiger partial charge is 0.431 e. The lowest BCUT2D eigenvalue weighted by atomic mass is 10.1. The van der Waals surface area contributed by atoms with Crippen molar-refractivity contribution in [2.75, 3.05) is 26.2 Å². The average Bonchev–Trinajstić information content (AvgIpc) is 3.39. The third kappa shape index (κ3) is 3.66. The van der Waals surface area contributed by atoms with Crippen LogP contribution in [0.15, 0.2) is 35.8 Å². The first kappa shape index (κ1) is 16.1. The quantitative estimate of drug-likeness (QED) is 0.844. The van der Waals surface area contributed by atoms with Crippen molar-refractivity contribution < 1.29 is 14.3 Å². The topological polar surface area (TPSA) is 62.7 Å². The van der Waals surface area contributed by atoms with Gasteiger partial charge in [0.1, 0.15) is 5.75 Å². The summed E-state index contributed by atoms with van der Waals surface area (Å²) in [5, 5.41) is 2.43. The fourth-order valence-corrected chi connectivity index (χ4v) is 3.43. The highest BCUT2D eigenvalue weighted by Crippen LogP contribution is 2.31. The van der Waals surface area contributed by atoms with E-state index >= 15 is 0 Å². The van der Waals surface area contributed by atoms with Gasteiger partial charge in [-0.05, 0) is 37.1 Å². The number of carbonyl (C=O) groups is 2. The Balaban J connectivity index is 1.34. The smallest absolute Gasteiger partial charge is 0.278 e. The van der Waals surface area contributed by atoms with Crippen LogP contribution >= 0.6 is 11.3 Å². The predicted octanol–water partition coefficient (Wildman–Crippen LogP) is 2.63. The summed E-state index contributed by atoms with van der Waals surface area (Å²) >= 11 is 1.42. The first-order valence-corrected chi connectivity index (χ1v) is 9.34. The molecule has 2 aliphatic rings. The number of aromatic nitrogens is 1. The van der Waals surface area contributed by atoms with Crippen LogP contribution in [0.1, 0.15) is 23.2 Å². The van der Waals surface area contributed by atoms with Gasteiger partial charge < -0.3 is 14.5 Å². The Labute approximate surface area is 150 Å². The summed E-state index contributed by atoms with van der Waals surface area (Å²) in [4.78, 5) is 32.5. The first-order valence-electron chi connectivity index (χ1n) is 8.46. The monoisotopic (exact) mass is 357 g/mol. The van der Waals surface area contributed by atoms with Crippen molar-refractivity contribution in [3.63, 3.8) is 0 Å². The van der Waals surface area contributed by atoms with Crippen molar-refractivity contribution in [3.8, 4) is 10.9 Å². The van der Waals surface area contributed by atoms with Gasteiger partial charge in [0.25, 0.3) is 11.1 Å². The zero-order valence-electron chi connectivity index (χ0n) is 13.8. The van der Waals surface area contributed by atoms with Crippen LogP contribution in [-0.2, 0) is 4.79 Å². The molecule has 0 N–H and O–H groups in total. The number of piperazine rings is 1. The van der Waals surface area contributed by atoms with E-state index in [4.69, 9.17) is 4.74 Å². The summed E-state index contributed by atoms with van der Waals surface area (Å²) in [6.07, 6.45) is 3.73. The molecule has 1 aromatic carbocycles. The maximum absolute atomic E-state index is 12.6. The molecule has 0 atom stereocenters. The second-order valence-corrected chi connectivity index (χ2v) is 7.17. The third-order valence-electron chi connectivity index (χ3n) is 4.52. The van der Waals surface area contributed by atoms with Crippen molar-refractivity contribution in [2.45, 2.75) is 12.8 Å². The molecule has 4 rings (SSSR count). The van der Waals surface area contributed by atoms with E-state index in [1.807, 2.05) is 15.2 Å². The van der Waals surface area contributed by atoms with Crippen molar-refractivity contribution in [1.29, 1.82) is 0 Å². The van der Waals surface area contributed by atoms with Crippen LogP contribution in [0.5, 0.6) is 10.9 Å². The van der Waals surface area contributed by atoms with Gasteiger partial charge in [0.05, 0.1) is 0 Å². The van der Waals surface area contributed by atoms with E-state index in [9.17, 15) is 9.59 Å². The average molecular weight is 357 g/mol. The number of thiazole rings is 1. The van der Waals surface area contributed by atoms with Crippen LogP contribution in [0, 0.1) is 5.92 Å². The fraction of sp³-hybridized carbons (Fsp3) is 0.389. The summed E-state index contributed by atoms with van der Waals surface area (Å²) < 4.78 is 5.61. The molecule has 2 heterocycles. The molecule has 2 amide bonds. The molecule has 1 aliphatic heterocycles. The molecule has 2 fully saturated rings. The van der Waals surface area contributed by atoms with Gasteiger partial charge in [-0.2, -0.15) is 0 Å². The molecule has 7 heteroatoms. The van der Waals surface area contributed by atoms with Crippen LogP contribution in [0.4, 0.5) is 0 Å². The number of nitrogens with zero attached hydrogens (tertiary/aromatic N) is 3. The molecular formula is C18H19N3O3S. The lowest BCUT2D eigenvalue weighted by Crippen LogP contribution is -2.51. The van der Waals surface area contributed by atoms with Crippen LogP contribution in [0.2, 0.25) is 0 Å². The molecule has 0 spiro atoms. The Kier molecular flexibility index (Phi) is 4.40. The van der Waals surface area contributed by atoms with Crippen molar-refractivity contribution >= 4 is 23.2 Å². The van der Waals surface area contributed by atoms with Crippen molar-refractivity contribution in [3.05, 3.63) is 41.4 Å². The first-order chi connectivity index (χ1) is 12.2. The summed E-state index contributed by atoms with van der Waals surface area (Å²) in [5.41, 5.74) is 0.633. The SMILES string of the molecule is O=C(c1ccc(Oc2nccs2)cc1)N1CCN(C(=O)C2CC2)CC1. The molecule has 130 valence electrons. The van der Waals surface area contributed by atoms with E-state index in [-0.39, 0.29) is 17.7 Å². The highest BCUT2D eigenvalue weighted by Gasteiger charge is 2.35. The number of hydrogen-bond donors (Lipinski definition) is 0. The number of rotatable bonds is 4. The van der Waals surface area contributed by atoms with E-state index < -0.39 is 0 Å². The van der Waals surface area contributed by atoms with E-state index in [0.29, 0.717) is 42.7 Å². The highest BCUT2D eigenvalue weighted by molar-refractivity contribution is 7.11. The van der Waals surface area contributed by atoms with Crippen molar-refractivity contribution in [2.24, 2.45) is 5.92 Å². The lowest BCUT2D eigenvalue weighted by Gasteiger charge is -2.35. The lowest BCUT2D eigenvalue weighted by molar-refractivity contribution is -0.134. The van der Waals surface area contributed by atoms with Gasteiger partial charge in [-0.15, -0.1) is 0 Å². The van der Waals surface area contributed by atoms with Crippen LogP contribution in [0.25, 0.3) is 0 Å². The number of amides is 2. The molecule has 2 aromatic rings. The van der Waals surface area contributed by atoms with Gasteiger partial charge in [-0.3, -0.25) is 9.59 Å². The zero-order valence-corrected chi connectivity index (χ0v) is 14.6. The van der Waals surface area contributed by atoms with Gasteiger partial charge in [-0.25, -0.2) is 4.98 Å². The Hall–Kier alpha value is -2.41. The molecule has 1 saturated carbocycles. The maximum atomic E-state index is 12.6. The second kappa shape index (κ2) is 6.84. The number of carbonyl (C=O) groups excluding carboxylic acids is 2. The van der Waals surface area contributed by atoms with Gasteiger partial charge in [0.15, 0.2) is 0 Å². The summed E-state index contributed by atoms with van der Waals surface area (Å²) in [7, 11) is 0. The molecule has 0 unspecified atom stereocenters. The number of benzene rings is 1. The van der Waals surface area contributed by atoms with Crippen LogP contribution in [-0.4, -0.2) is 52.8 Å². The molecule has 0 bridgehead atoms. The zero-order chi connectivity index (χ0) is 17.2. The van der Waals surface area contributed by atoms with E-state index in [1.165, 1.54) is 11.3 Å². The minimum atomic E-state index is -0.000630. The minimum absolute atomic E-state index is 0.000630. The molecule has 1 saturated heterocycles. The number of ether oxygens (including phenoxy) is 1. The Morgan fingerprint density at radius 2 is 1.72 bits per heavy atom. The Morgan fingerprint density at radius 3 is 2.32 bits per heavy atom. The van der Waals surface area contributed by atoms with Gasteiger partial charge in [0.2, 0.25) is 5.91 Å². The van der Waals surface area contributed by atoms with Crippen LogP contribution in [0.3, 0.4) is 0 Å². The van der Waals surface area contributed by atoms with E-state index in [2.05, 4.69) is 4.98 Å². The Morgan fingerprint density at radius 1 is 1.04 bits per heavy atom. The third-order valence-corrected chi connectivity index (χ3v) is 5.17. The predicted molar refractivity (Wildman–Crippen MR) is 93.8 cm³/mol. The highest BCUT2D eigenvalue weighted by atomic mass is 32.1. The molecule has 25 heavy (non-hydrogen) atoms. The van der Waals surface area contributed by atoms with Gasteiger partial charge >= 0.3 is 0 Å². The van der Waals surface area contributed by atoms with Gasteiger partial charge in [-0.1, -0.05) is 11.3 Å². The molecule has 6 nitrogen and oxygen atoms in total. The van der Waals surface area contributed by atoms with Crippen LogP contribution < -0.4 is 4.74 Å².